The molecule has 3 N–H and O–H groups in total. The topological polar surface area (TPSA) is 153 Å². The first kappa shape index (κ1) is 44.0. The zero-order chi connectivity index (χ0) is 37.3. The van der Waals surface area contributed by atoms with E-state index in [0.717, 1.165) is 0 Å². The number of ether oxygens (including phenoxy) is 1. The molecule has 3 atom stereocenters. The van der Waals surface area contributed by atoms with E-state index < -0.39 is 36.2 Å². The molecule has 48 heavy (non-hydrogen) atoms. The van der Waals surface area contributed by atoms with Crippen molar-refractivity contribution >= 4 is 42.2 Å². The van der Waals surface area contributed by atoms with Gasteiger partial charge >= 0.3 is 12.7 Å². The van der Waals surface area contributed by atoms with Crippen LogP contribution in [0.5, 0.6) is 0 Å². The predicted molar refractivity (Wildman–Crippen MR) is 191 cm³/mol. The molecule has 0 aromatic carbocycles. The maximum atomic E-state index is 13.3. The fourth-order valence-corrected chi connectivity index (χ4v) is 7.89. The van der Waals surface area contributed by atoms with E-state index in [9.17, 15) is 19.2 Å². The molecule has 0 radical (unpaired) electrons. The first-order valence-electron chi connectivity index (χ1n) is 16.6. The molecule has 1 heterocycles. The third kappa shape index (κ3) is 16.1. The minimum atomic E-state index is -3.51. The third-order valence-electron chi connectivity index (χ3n) is 7.81. The Balaban J connectivity index is 3.01. The van der Waals surface area contributed by atoms with Crippen molar-refractivity contribution in [2.75, 3.05) is 33.4 Å². The lowest BCUT2D eigenvalue weighted by molar-refractivity contribution is -0.137. The highest BCUT2D eigenvalue weighted by Gasteiger charge is 2.37. The van der Waals surface area contributed by atoms with Crippen molar-refractivity contribution in [3.05, 3.63) is 12.3 Å². The van der Waals surface area contributed by atoms with Crippen LogP contribution < -0.4 is 10.6 Å². The molecule has 3 amide bonds. The Hall–Kier alpha value is -2.05. The number of amides is 3. The average Bonchev–Trinajstić information content (AvgIpc) is 3.28. The molecule has 0 spiro atoms. The molecule has 0 aliphatic carbocycles. The summed E-state index contributed by atoms with van der Waals surface area (Å²) in [5.74, 6) is -1.26. The van der Waals surface area contributed by atoms with E-state index >= 15 is 0 Å². The van der Waals surface area contributed by atoms with Gasteiger partial charge in [-0.15, -0.1) is 0 Å². The predicted octanol–water partition coefficient (Wildman–Crippen LogP) is 5.80. The highest BCUT2D eigenvalue weighted by atomic mass is 32.5. The molecule has 278 valence electrons. The second-order valence-electron chi connectivity index (χ2n) is 16.6. The van der Waals surface area contributed by atoms with E-state index in [2.05, 4.69) is 58.8 Å². The summed E-state index contributed by atoms with van der Waals surface area (Å²) in [6.07, 6.45) is 0.808. The van der Waals surface area contributed by atoms with Gasteiger partial charge in [-0.05, 0) is 42.4 Å². The van der Waals surface area contributed by atoms with Crippen molar-refractivity contribution in [3.8, 4) is 0 Å². The standard InChI is InChI=1S/C34H62N3O9PS/c1-23-16-25(45-24(2)14-15-28(39)40)19-37(23)27(38)20-44-47(48,43-13)46-26(17-35-29(41)33(9,10)21-31(3,4)5)18-36-30(42)34(11,12)22-32(6,7)8/h23,25-26H,2,14-22H2,1,3-13H3,(H,35,41)(H,36,42)(H,39,40)/t23-,25-,47?/m1/s1. The quantitative estimate of drug-likeness (QED) is 0.110. The number of rotatable bonds is 19. The molecule has 14 heteroatoms. The van der Waals surface area contributed by atoms with Crippen LogP contribution in [0.3, 0.4) is 0 Å². The molecular weight excluding hydrogens is 657 g/mol. The number of hydrogen-bond acceptors (Lipinski definition) is 9. The SMILES string of the molecule is C=C(CCC(=O)O)O[C@@H]1C[C@@H](C)N(C(=O)COP(=S)(OC)OC(CNC(=O)C(C)(C)CC(C)(C)C)CNC(=O)C(C)(C)CC(C)(C)C)C1. The number of carboxylic acids is 1. The van der Waals surface area contributed by atoms with Gasteiger partial charge < -0.3 is 34.4 Å². The number of allylic oxidation sites excluding steroid dienone is 1. The van der Waals surface area contributed by atoms with Gasteiger partial charge in [0.15, 0.2) is 0 Å². The van der Waals surface area contributed by atoms with E-state index in [1.54, 1.807) is 4.90 Å². The first-order chi connectivity index (χ1) is 21.7. The minimum Gasteiger partial charge on any atom is -0.493 e. The Morgan fingerprint density at radius 3 is 1.81 bits per heavy atom. The van der Waals surface area contributed by atoms with E-state index in [1.807, 2.05) is 34.6 Å². The Labute approximate surface area is 293 Å². The van der Waals surface area contributed by atoms with Crippen LogP contribution in [-0.4, -0.2) is 85.3 Å². The average molecular weight is 720 g/mol. The van der Waals surface area contributed by atoms with Gasteiger partial charge in [-0.25, -0.2) is 0 Å². The number of carbonyl (C=O) groups is 4. The van der Waals surface area contributed by atoms with Crippen LogP contribution in [0.15, 0.2) is 12.3 Å². The Bertz CT molecular complexity index is 1150. The van der Waals surface area contributed by atoms with Gasteiger partial charge in [-0.2, -0.15) is 0 Å². The second kappa shape index (κ2) is 17.7. The lowest BCUT2D eigenvalue weighted by Crippen LogP contribution is -2.48. The van der Waals surface area contributed by atoms with Gasteiger partial charge in [0, 0.05) is 49.9 Å². The number of nitrogens with one attached hydrogen (secondary N) is 2. The van der Waals surface area contributed by atoms with E-state index in [1.165, 1.54) is 7.11 Å². The summed E-state index contributed by atoms with van der Waals surface area (Å²) in [6.45, 7) is 22.1. The minimum absolute atomic E-state index is 0.0272. The number of likely N-dealkylation sites (tertiary alicyclic amines) is 1. The number of nitrogens with zero attached hydrogens (tertiary/aromatic N) is 1. The number of hydrogen-bond donors (Lipinski definition) is 3. The highest BCUT2D eigenvalue weighted by Crippen LogP contribution is 2.50. The van der Waals surface area contributed by atoms with Gasteiger partial charge in [0.25, 0.3) is 0 Å². The molecule has 0 saturated carbocycles. The Morgan fingerprint density at radius 1 is 0.917 bits per heavy atom. The first-order valence-corrected chi connectivity index (χ1v) is 19.2. The van der Waals surface area contributed by atoms with Crippen LogP contribution in [0.4, 0.5) is 0 Å². The molecular formula is C34H62N3O9PS. The van der Waals surface area contributed by atoms with Gasteiger partial charge in [0.05, 0.1) is 18.7 Å². The van der Waals surface area contributed by atoms with Gasteiger partial charge in [0.1, 0.15) is 18.8 Å². The van der Waals surface area contributed by atoms with Gasteiger partial charge in [-0.1, -0.05) is 75.8 Å². The third-order valence-corrected chi connectivity index (χ3v) is 10.3. The molecule has 0 aromatic rings. The molecule has 0 aromatic heterocycles. The maximum absolute atomic E-state index is 13.3. The van der Waals surface area contributed by atoms with E-state index in [4.69, 9.17) is 35.2 Å². The molecule has 1 aliphatic rings. The van der Waals surface area contributed by atoms with Crippen molar-refractivity contribution < 1.29 is 42.6 Å². The molecule has 0 bridgehead atoms. The molecule has 12 nitrogen and oxygen atoms in total. The molecule has 1 rings (SSSR count). The summed E-state index contributed by atoms with van der Waals surface area (Å²) < 4.78 is 23.3. The van der Waals surface area contributed by atoms with Crippen molar-refractivity contribution in [1.82, 2.24) is 15.5 Å². The van der Waals surface area contributed by atoms with Crippen LogP contribution in [0.2, 0.25) is 0 Å². The summed E-state index contributed by atoms with van der Waals surface area (Å²) in [6, 6.07) is -0.161. The van der Waals surface area contributed by atoms with Crippen LogP contribution in [0, 0.1) is 21.7 Å². The summed E-state index contributed by atoms with van der Waals surface area (Å²) in [4.78, 5) is 52.2. The van der Waals surface area contributed by atoms with Crippen LogP contribution in [0.25, 0.3) is 0 Å². The van der Waals surface area contributed by atoms with E-state index in [0.29, 0.717) is 25.0 Å². The fraction of sp³-hybridized carbons (Fsp3) is 0.824. The second-order valence-corrected chi connectivity index (χ2v) is 19.7. The highest BCUT2D eigenvalue weighted by molar-refractivity contribution is 8.07. The Morgan fingerprint density at radius 2 is 1.40 bits per heavy atom. The zero-order valence-corrected chi connectivity index (χ0v) is 33.0. The van der Waals surface area contributed by atoms with Crippen LogP contribution in [0.1, 0.15) is 108 Å². The summed E-state index contributed by atoms with van der Waals surface area (Å²) in [7, 11) is 1.34. The van der Waals surface area contributed by atoms with Crippen molar-refractivity contribution in [2.24, 2.45) is 21.7 Å². The van der Waals surface area contributed by atoms with Crippen molar-refractivity contribution in [1.29, 1.82) is 0 Å². The zero-order valence-electron chi connectivity index (χ0n) is 31.3. The molecule has 1 saturated heterocycles. The molecule has 1 unspecified atom stereocenters. The van der Waals surface area contributed by atoms with Crippen molar-refractivity contribution in [2.45, 2.75) is 127 Å². The smallest absolute Gasteiger partial charge is 0.327 e. The lowest BCUT2D eigenvalue weighted by Gasteiger charge is -2.33. The lowest BCUT2D eigenvalue weighted by atomic mass is 9.75. The summed E-state index contributed by atoms with van der Waals surface area (Å²) in [5, 5.41) is 14.8. The number of carbonyl (C=O) groups excluding carboxylic acids is 3. The summed E-state index contributed by atoms with van der Waals surface area (Å²) >= 11 is 5.65. The largest absolute Gasteiger partial charge is 0.493 e. The summed E-state index contributed by atoms with van der Waals surface area (Å²) in [5.41, 5.74) is -1.48. The fourth-order valence-electron chi connectivity index (χ4n) is 6.33. The van der Waals surface area contributed by atoms with Crippen molar-refractivity contribution in [3.63, 3.8) is 0 Å². The molecule has 1 fully saturated rings. The van der Waals surface area contributed by atoms with Gasteiger partial charge in [0.2, 0.25) is 17.7 Å². The normalized spacial score (nSPS) is 18.7. The molecule has 1 aliphatic heterocycles. The van der Waals surface area contributed by atoms with E-state index in [-0.39, 0.29) is 73.2 Å². The number of aliphatic carboxylic acids is 1. The van der Waals surface area contributed by atoms with Gasteiger partial charge in [-0.3, -0.25) is 23.7 Å². The van der Waals surface area contributed by atoms with Crippen LogP contribution in [-0.2, 0) is 49.3 Å². The monoisotopic (exact) mass is 719 g/mol. The number of carboxylic acid groups (broad SMARTS) is 1. The Kier molecular flexibility index (Phi) is 16.3. The maximum Gasteiger partial charge on any atom is 0.327 e. The van der Waals surface area contributed by atoms with Crippen LogP contribution >= 0.6 is 6.72 Å².